The average molecular weight is 416 g/mol. The van der Waals surface area contributed by atoms with Gasteiger partial charge in [0.1, 0.15) is 22.6 Å². The van der Waals surface area contributed by atoms with Gasteiger partial charge in [-0.1, -0.05) is 30.3 Å². The fourth-order valence-corrected chi connectivity index (χ4v) is 4.57. The molecule has 8 heteroatoms. The molecule has 0 bridgehead atoms. The Morgan fingerprint density at radius 1 is 1.10 bits per heavy atom. The number of sulfonamides is 1. The molecule has 2 aliphatic rings. The highest BCUT2D eigenvalue weighted by molar-refractivity contribution is 7.90. The van der Waals surface area contributed by atoms with Crippen LogP contribution < -0.4 is 4.74 Å². The molecule has 2 aromatic rings. The summed E-state index contributed by atoms with van der Waals surface area (Å²) in [4.78, 5) is 1.78. The van der Waals surface area contributed by atoms with Crippen LogP contribution >= 0.6 is 0 Å². The van der Waals surface area contributed by atoms with E-state index >= 15 is 0 Å². The molecule has 5 nitrogen and oxygen atoms in total. The van der Waals surface area contributed by atoms with Crippen molar-refractivity contribution in [3.63, 3.8) is 0 Å². The van der Waals surface area contributed by atoms with Gasteiger partial charge in [0.2, 0.25) is 0 Å². The number of benzene rings is 2. The molecule has 0 spiro atoms. The van der Waals surface area contributed by atoms with Crippen molar-refractivity contribution in [1.82, 2.24) is 4.90 Å². The summed E-state index contributed by atoms with van der Waals surface area (Å²) in [6, 6.07) is 12.2. The van der Waals surface area contributed by atoms with Gasteiger partial charge in [-0.15, -0.1) is 4.40 Å². The van der Waals surface area contributed by atoms with Gasteiger partial charge < -0.3 is 9.64 Å². The number of allylic oxidation sites excluding steroid dienone is 2. The minimum absolute atomic E-state index is 0.141. The van der Waals surface area contributed by atoms with E-state index in [0.717, 1.165) is 6.92 Å². The molecule has 150 valence electrons. The van der Waals surface area contributed by atoms with Crippen molar-refractivity contribution in [1.29, 1.82) is 0 Å². The van der Waals surface area contributed by atoms with E-state index in [1.165, 1.54) is 18.2 Å². The van der Waals surface area contributed by atoms with Crippen LogP contribution in [-0.2, 0) is 15.9 Å². The molecule has 1 unspecified atom stereocenters. The molecule has 1 atom stereocenters. The van der Waals surface area contributed by atoms with Crippen molar-refractivity contribution in [2.45, 2.75) is 18.1 Å². The number of ether oxygens (including phenoxy) is 1. The van der Waals surface area contributed by atoms with E-state index in [2.05, 4.69) is 4.40 Å². The van der Waals surface area contributed by atoms with Gasteiger partial charge in [-0.05, 0) is 42.0 Å². The van der Waals surface area contributed by atoms with E-state index in [1.54, 1.807) is 53.6 Å². The summed E-state index contributed by atoms with van der Waals surface area (Å²) < 4.78 is 61.7. The summed E-state index contributed by atoms with van der Waals surface area (Å²) in [7, 11) is -3.70. The van der Waals surface area contributed by atoms with E-state index in [0.29, 0.717) is 17.1 Å². The molecular weight excluding hydrogens is 398 g/mol. The van der Waals surface area contributed by atoms with Crippen molar-refractivity contribution >= 4 is 15.9 Å². The minimum Gasteiger partial charge on any atom is -0.457 e. The van der Waals surface area contributed by atoms with Crippen molar-refractivity contribution in [3.8, 4) is 11.5 Å². The molecule has 2 aliphatic heterocycles. The van der Waals surface area contributed by atoms with Crippen LogP contribution in [0, 0.1) is 0 Å². The van der Waals surface area contributed by atoms with Crippen LogP contribution in [0.2, 0.25) is 0 Å². The first-order chi connectivity index (χ1) is 13.7. The van der Waals surface area contributed by atoms with Crippen molar-refractivity contribution < 1.29 is 21.9 Å². The first kappa shape index (κ1) is 19.3. The molecule has 0 radical (unpaired) electrons. The van der Waals surface area contributed by atoms with Gasteiger partial charge in [0.25, 0.3) is 15.9 Å². The molecule has 2 aromatic carbocycles. The number of alkyl halides is 2. The molecule has 0 aromatic heterocycles. The number of rotatable bonds is 4. The molecule has 0 saturated heterocycles. The highest BCUT2D eigenvalue weighted by Crippen LogP contribution is 2.33. The van der Waals surface area contributed by atoms with Crippen LogP contribution in [0.15, 0.2) is 77.4 Å². The Bertz CT molecular complexity index is 1120. The Hall–Kier alpha value is -3.00. The maximum absolute atomic E-state index is 13.5. The summed E-state index contributed by atoms with van der Waals surface area (Å²) >= 11 is 0. The molecule has 0 saturated carbocycles. The van der Waals surface area contributed by atoms with E-state index in [1.807, 2.05) is 6.08 Å². The summed E-state index contributed by atoms with van der Waals surface area (Å²) in [5.74, 6) is -1.86. The summed E-state index contributed by atoms with van der Waals surface area (Å²) in [6.45, 7) is 1.09. The van der Waals surface area contributed by atoms with E-state index < -0.39 is 21.2 Å². The predicted molar refractivity (Wildman–Crippen MR) is 107 cm³/mol. The van der Waals surface area contributed by atoms with Crippen molar-refractivity contribution in [2.24, 2.45) is 4.40 Å². The van der Waals surface area contributed by atoms with Crippen LogP contribution in [0.3, 0.4) is 0 Å². The zero-order valence-corrected chi connectivity index (χ0v) is 16.3. The zero-order valence-electron chi connectivity index (χ0n) is 15.5. The summed E-state index contributed by atoms with van der Waals surface area (Å²) in [6.07, 6.45) is 6.99. The average Bonchev–Trinajstić information content (AvgIpc) is 2.67. The van der Waals surface area contributed by atoms with Gasteiger partial charge in [0.05, 0.1) is 0 Å². The normalized spacial score (nSPS) is 20.2. The number of hydrogen-bond acceptors (Lipinski definition) is 4. The largest absolute Gasteiger partial charge is 0.457 e. The topological polar surface area (TPSA) is 59.0 Å². The number of amidine groups is 1. The number of halogens is 2. The van der Waals surface area contributed by atoms with Gasteiger partial charge in [-0.25, -0.2) is 17.2 Å². The predicted octanol–water partition coefficient (Wildman–Crippen LogP) is 4.76. The Kier molecular flexibility index (Phi) is 4.74. The third kappa shape index (κ3) is 4.07. The van der Waals surface area contributed by atoms with Gasteiger partial charge in [-0.2, -0.15) is 0 Å². The van der Waals surface area contributed by atoms with Crippen LogP contribution in [0.4, 0.5) is 8.78 Å². The first-order valence-electron chi connectivity index (χ1n) is 8.94. The molecule has 4 rings (SSSR count). The number of fused-ring (bicyclic) bond motifs is 1. The maximum atomic E-state index is 13.5. The molecule has 0 amide bonds. The third-order valence-corrected chi connectivity index (χ3v) is 6.27. The third-order valence-electron chi connectivity index (χ3n) is 4.69. The van der Waals surface area contributed by atoms with Crippen LogP contribution in [0.1, 0.15) is 23.3 Å². The second-order valence-corrected chi connectivity index (χ2v) is 8.67. The van der Waals surface area contributed by atoms with E-state index in [-0.39, 0.29) is 17.9 Å². The molecule has 0 N–H and O–H groups in total. The van der Waals surface area contributed by atoms with E-state index in [9.17, 15) is 17.2 Å². The molecule has 0 aliphatic carbocycles. The fraction of sp³-hybridized carbons (Fsp3) is 0.190. The quantitative estimate of drug-likeness (QED) is 0.721. The second-order valence-electron chi connectivity index (χ2n) is 6.89. The molecular formula is C21H18F2N2O3S. The fourth-order valence-electron chi connectivity index (χ4n) is 3.17. The Balaban J connectivity index is 1.55. The highest BCUT2D eigenvalue weighted by atomic mass is 32.2. The van der Waals surface area contributed by atoms with Crippen LogP contribution in [0.5, 0.6) is 11.5 Å². The number of hydrogen-bond donors (Lipinski definition) is 0. The second kappa shape index (κ2) is 7.11. The lowest BCUT2D eigenvalue weighted by Crippen LogP contribution is -2.38. The lowest BCUT2D eigenvalue weighted by atomic mass is 10.1. The SMILES string of the molecule is CC(F)(F)c1cccc(Oc2ccc(C3CN4C=CC=CC4=NS3(=O)=O)cc2)c1. The maximum Gasteiger partial charge on any atom is 0.270 e. The lowest BCUT2D eigenvalue weighted by Gasteiger charge is -2.31. The van der Waals surface area contributed by atoms with Gasteiger partial charge >= 0.3 is 0 Å². The molecule has 0 fully saturated rings. The molecule has 29 heavy (non-hydrogen) atoms. The van der Waals surface area contributed by atoms with Gasteiger partial charge in [0, 0.05) is 25.2 Å². The smallest absolute Gasteiger partial charge is 0.270 e. The Morgan fingerprint density at radius 3 is 2.59 bits per heavy atom. The highest BCUT2D eigenvalue weighted by Gasteiger charge is 2.34. The Labute approximate surface area is 167 Å². The standard InChI is InChI=1S/C21H18F2N2O3S/c1-21(22,23)16-5-4-6-18(13-16)28-17-10-8-15(9-11-17)19-14-25-12-3-2-7-20(25)24-29(19,26)27/h2-13,19H,14H2,1H3. The Morgan fingerprint density at radius 2 is 1.86 bits per heavy atom. The zero-order chi connectivity index (χ0) is 20.6. The van der Waals surface area contributed by atoms with Crippen molar-refractivity contribution in [2.75, 3.05) is 6.54 Å². The van der Waals surface area contributed by atoms with Crippen LogP contribution in [0.25, 0.3) is 0 Å². The first-order valence-corrected chi connectivity index (χ1v) is 10.4. The summed E-state index contributed by atoms with van der Waals surface area (Å²) in [5, 5.41) is -0.807. The monoisotopic (exact) mass is 416 g/mol. The van der Waals surface area contributed by atoms with Gasteiger partial charge in [0.15, 0.2) is 0 Å². The van der Waals surface area contributed by atoms with E-state index in [4.69, 9.17) is 4.74 Å². The lowest BCUT2D eigenvalue weighted by molar-refractivity contribution is 0.0173. The minimum atomic E-state index is -3.70. The molecule has 2 heterocycles. The van der Waals surface area contributed by atoms with Crippen LogP contribution in [-0.4, -0.2) is 25.7 Å². The van der Waals surface area contributed by atoms with Crippen molar-refractivity contribution in [3.05, 3.63) is 84.1 Å². The van der Waals surface area contributed by atoms with Gasteiger partial charge in [-0.3, -0.25) is 0 Å². The summed E-state index contributed by atoms with van der Waals surface area (Å²) in [5.41, 5.74) is 0.439. The number of nitrogens with zero attached hydrogens (tertiary/aromatic N) is 2.